The fourth-order valence-corrected chi connectivity index (χ4v) is 2.57. The maximum absolute atomic E-state index is 12.1. The van der Waals surface area contributed by atoms with Crippen molar-refractivity contribution in [3.8, 4) is 0 Å². The average molecular weight is 278 g/mol. The van der Waals surface area contributed by atoms with E-state index in [1.54, 1.807) is 17.0 Å². The third-order valence-electron chi connectivity index (χ3n) is 3.66. The van der Waals surface area contributed by atoms with E-state index >= 15 is 0 Å². The molecule has 6 heteroatoms. The summed E-state index contributed by atoms with van der Waals surface area (Å²) in [5.74, 6) is 0.00746. The standard InChI is InChI=1S/C14H18N2O4/c17-10-13-5-2-8-15(13)14(18)7-6-11-3-1-4-12(9-11)16(19)20/h1,3-4,9,13,17H,2,5-8,10H2/t13-/m1/s1. The van der Waals surface area contributed by atoms with Crippen LogP contribution >= 0.6 is 0 Å². The molecular weight excluding hydrogens is 260 g/mol. The van der Waals surface area contributed by atoms with Crippen LogP contribution in [0.4, 0.5) is 5.69 Å². The molecule has 20 heavy (non-hydrogen) atoms. The molecule has 0 aromatic heterocycles. The SMILES string of the molecule is O=C(CCc1cccc([N+](=O)[O-])c1)N1CCC[C@@H]1CO. The molecule has 2 rings (SSSR count). The van der Waals surface area contributed by atoms with Crippen molar-refractivity contribution in [2.45, 2.75) is 31.7 Å². The summed E-state index contributed by atoms with van der Waals surface area (Å²) in [5, 5.41) is 19.9. The number of aliphatic hydroxyl groups is 1. The second-order valence-electron chi connectivity index (χ2n) is 4.99. The summed E-state index contributed by atoms with van der Waals surface area (Å²) >= 11 is 0. The van der Waals surface area contributed by atoms with Crippen molar-refractivity contribution in [1.82, 2.24) is 4.90 Å². The summed E-state index contributed by atoms with van der Waals surface area (Å²) in [6.45, 7) is 0.696. The number of nitrogens with zero attached hydrogens (tertiary/aromatic N) is 2. The molecule has 1 saturated heterocycles. The van der Waals surface area contributed by atoms with Gasteiger partial charge in [0.15, 0.2) is 0 Å². The molecule has 0 saturated carbocycles. The lowest BCUT2D eigenvalue weighted by Gasteiger charge is -2.22. The Balaban J connectivity index is 1.93. The van der Waals surface area contributed by atoms with Crippen LogP contribution in [-0.2, 0) is 11.2 Å². The van der Waals surface area contributed by atoms with Crippen LogP contribution in [0.25, 0.3) is 0 Å². The molecule has 0 unspecified atom stereocenters. The minimum absolute atomic E-state index is 0.00253. The molecule has 6 nitrogen and oxygen atoms in total. The van der Waals surface area contributed by atoms with Crippen LogP contribution < -0.4 is 0 Å². The zero-order chi connectivity index (χ0) is 14.5. The Bertz CT molecular complexity index is 504. The number of rotatable bonds is 5. The summed E-state index contributed by atoms with van der Waals surface area (Å²) in [7, 11) is 0. The molecule has 0 radical (unpaired) electrons. The van der Waals surface area contributed by atoms with Gasteiger partial charge >= 0.3 is 0 Å². The Kier molecular flexibility index (Phi) is 4.68. The van der Waals surface area contributed by atoms with E-state index in [4.69, 9.17) is 0 Å². The first-order valence-corrected chi connectivity index (χ1v) is 6.75. The van der Waals surface area contributed by atoms with Crippen LogP contribution in [0.3, 0.4) is 0 Å². The van der Waals surface area contributed by atoms with Gasteiger partial charge in [-0.05, 0) is 24.8 Å². The number of nitro benzene ring substituents is 1. The molecule has 1 aliphatic heterocycles. The van der Waals surface area contributed by atoms with Crippen molar-refractivity contribution >= 4 is 11.6 Å². The highest BCUT2D eigenvalue weighted by Crippen LogP contribution is 2.19. The largest absolute Gasteiger partial charge is 0.394 e. The average Bonchev–Trinajstić information content (AvgIpc) is 2.93. The highest BCUT2D eigenvalue weighted by Gasteiger charge is 2.27. The van der Waals surface area contributed by atoms with Crippen LogP contribution in [0, 0.1) is 10.1 Å². The molecule has 108 valence electrons. The highest BCUT2D eigenvalue weighted by atomic mass is 16.6. The summed E-state index contributed by atoms with van der Waals surface area (Å²) in [6, 6.07) is 6.29. The topological polar surface area (TPSA) is 83.7 Å². The Hall–Kier alpha value is -1.95. The van der Waals surface area contributed by atoms with Gasteiger partial charge in [0.1, 0.15) is 0 Å². The number of carbonyl (C=O) groups is 1. The number of nitro groups is 1. The summed E-state index contributed by atoms with van der Waals surface area (Å²) in [6.07, 6.45) is 2.57. The lowest BCUT2D eigenvalue weighted by molar-refractivity contribution is -0.384. The molecule has 1 fully saturated rings. The molecule has 1 aromatic carbocycles. The van der Waals surface area contributed by atoms with Crippen molar-refractivity contribution < 1.29 is 14.8 Å². The zero-order valence-electron chi connectivity index (χ0n) is 11.2. The van der Waals surface area contributed by atoms with Gasteiger partial charge in [0.2, 0.25) is 5.91 Å². The minimum Gasteiger partial charge on any atom is -0.394 e. The van der Waals surface area contributed by atoms with Gasteiger partial charge in [-0.25, -0.2) is 0 Å². The van der Waals surface area contributed by atoms with E-state index in [0.29, 0.717) is 19.4 Å². The van der Waals surface area contributed by atoms with Crippen molar-refractivity contribution in [1.29, 1.82) is 0 Å². The van der Waals surface area contributed by atoms with Gasteiger partial charge in [-0.1, -0.05) is 12.1 Å². The quantitative estimate of drug-likeness (QED) is 0.653. The third kappa shape index (κ3) is 3.33. The first-order chi connectivity index (χ1) is 9.61. The van der Waals surface area contributed by atoms with E-state index in [1.807, 2.05) is 0 Å². The Labute approximate surface area is 117 Å². The van der Waals surface area contributed by atoms with Gasteiger partial charge in [-0.3, -0.25) is 14.9 Å². The molecule has 0 bridgehead atoms. The molecule has 1 aliphatic rings. The number of aryl methyl sites for hydroxylation is 1. The lowest BCUT2D eigenvalue weighted by atomic mass is 10.1. The predicted octanol–water partition coefficient (Wildman–Crippen LogP) is 1.51. The number of likely N-dealkylation sites (tertiary alicyclic amines) is 1. The third-order valence-corrected chi connectivity index (χ3v) is 3.66. The predicted molar refractivity (Wildman–Crippen MR) is 73.2 cm³/mol. The van der Waals surface area contributed by atoms with Gasteiger partial charge in [-0.15, -0.1) is 0 Å². The Morgan fingerprint density at radius 2 is 2.30 bits per heavy atom. The smallest absolute Gasteiger partial charge is 0.269 e. The molecule has 1 aromatic rings. The van der Waals surface area contributed by atoms with Crippen molar-refractivity contribution in [2.24, 2.45) is 0 Å². The van der Waals surface area contributed by atoms with Crippen LogP contribution in [0.1, 0.15) is 24.8 Å². The van der Waals surface area contributed by atoms with Crippen molar-refractivity contribution in [3.05, 3.63) is 39.9 Å². The molecule has 1 atom stereocenters. The molecular formula is C14H18N2O4. The van der Waals surface area contributed by atoms with E-state index in [9.17, 15) is 20.0 Å². The van der Waals surface area contributed by atoms with Gasteiger partial charge in [0, 0.05) is 25.1 Å². The number of amides is 1. The summed E-state index contributed by atoms with van der Waals surface area (Å²) in [4.78, 5) is 24.1. The maximum atomic E-state index is 12.1. The normalized spacial score (nSPS) is 18.2. The molecule has 0 spiro atoms. The maximum Gasteiger partial charge on any atom is 0.269 e. The van der Waals surface area contributed by atoms with E-state index in [0.717, 1.165) is 18.4 Å². The van der Waals surface area contributed by atoms with Crippen molar-refractivity contribution in [2.75, 3.05) is 13.2 Å². The second kappa shape index (κ2) is 6.47. The number of benzene rings is 1. The van der Waals surface area contributed by atoms with Gasteiger partial charge < -0.3 is 10.0 Å². The van der Waals surface area contributed by atoms with E-state index in [1.165, 1.54) is 12.1 Å². The van der Waals surface area contributed by atoms with Crippen LogP contribution in [0.15, 0.2) is 24.3 Å². The fourth-order valence-electron chi connectivity index (χ4n) is 2.57. The number of aliphatic hydroxyl groups excluding tert-OH is 1. The number of carbonyl (C=O) groups excluding carboxylic acids is 1. The lowest BCUT2D eigenvalue weighted by Crippen LogP contribution is -2.37. The number of non-ortho nitro benzene ring substituents is 1. The number of hydrogen-bond donors (Lipinski definition) is 1. The van der Waals surface area contributed by atoms with E-state index < -0.39 is 4.92 Å². The monoisotopic (exact) mass is 278 g/mol. The highest BCUT2D eigenvalue weighted by molar-refractivity contribution is 5.77. The Morgan fingerprint density at radius 3 is 3.00 bits per heavy atom. The van der Waals surface area contributed by atoms with E-state index in [-0.39, 0.29) is 24.2 Å². The van der Waals surface area contributed by atoms with Crippen LogP contribution in [0.2, 0.25) is 0 Å². The minimum atomic E-state index is -0.437. The summed E-state index contributed by atoms with van der Waals surface area (Å²) in [5.41, 5.74) is 0.830. The zero-order valence-corrected chi connectivity index (χ0v) is 11.2. The first-order valence-electron chi connectivity index (χ1n) is 6.75. The first kappa shape index (κ1) is 14.5. The molecule has 0 aliphatic carbocycles. The molecule has 1 amide bonds. The molecule has 1 N–H and O–H groups in total. The van der Waals surface area contributed by atoms with E-state index in [2.05, 4.69) is 0 Å². The van der Waals surface area contributed by atoms with Gasteiger partial charge in [0.25, 0.3) is 5.69 Å². The van der Waals surface area contributed by atoms with Gasteiger partial charge in [-0.2, -0.15) is 0 Å². The molecule has 1 heterocycles. The second-order valence-corrected chi connectivity index (χ2v) is 4.99. The summed E-state index contributed by atoms with van der Waals surface area (Å²) < 4.78 is 0. The Morgan fingerprint density at radius 1 is 1.50 bits per heavy atom. The number of hydrogen-bond acceptors (Lipinski definition) is 4. The van der Waals surface area contributed by atoms with Crippen molar-refractivity contribution in [3.63, 3.8) is 0 Å². The van der Waals surface area contributed by atoms with Gasteiger partial charge in [0.05, 0.1) is 17.6 Å². The fraction of sp³-hybridized carbons (Fsp3) is 0.500. The van der Waals surface area contributed by atoms with Crippen LogP contribution in [-0.4, -0.2) is 40.0 Å². The van der Waals surface area contributed by atoms with Crippen LogP contribution in [0.5, 0.6) is 0 Å².